The van der Waals surface area contributed by atoms with E-state index in [1.807, 2.05) is 13.8 Å². The Morgan fingerprint density at radius 2 is 1.62 bits per heavy atom. The van der Waals surface area contributed by atoms with Crippen molar-refractivity contribution < 1.29 is 22.7 Å². The van der Waals surface area contributed by atoms with Crippen LogP contribution in [0.5, 0.6) is 5.75 Å². The van der Waals surface area contributed by atoms with Crippen molar-refractivity contribution in [2.75, 3.05) is 18.0 Å². The molecule has 3 rings (SSSR count). The Morgan fingerprint density at radius 1 is 0.975 bits per heavy atom. The molecule has 0 aliphatic carbocycles. The SMILES string of the molecule is CCC(C(=O)NC(C)C)N(Cc1ccc(OC)cc1)C(=O)CN(c1ccc(Cl)cc1Cl)S(=O)(=O)c1ccccc1. The van der Waals surface area contributed by atoms with Crippen LogP contribution < -0.4 is 14.4 Å². The largest absolute Gasteiger partial charge is 0.497 e. The Kier molecular flexibility index (Phi) is 10.8. The molecule has 0 saturated heterocycles. The van der Waals surface area contributed by atoms with E-state index in [1.54, 1.807) is 56.5 Å². The van der Waals surface area contributed by atoms with Crippen LogP contribution in [0.1, 0.15) is 32.8 Å². The molecule has 0 bridgehead atoms. The van der Waals surface area contributed by atoms with E-state index in [4.69, 9.17) is 27.9 Å². The van der Waals surface area contributed by atoms with Crippen molar-refractivity contribution in [3.63, 3.8) is 0 Å². The summed E-state index contributed by atoms with van der Waals surface area (Å²) in [6, 6.07) is 18.2. The van der Waals surface area contributed by atoms with Crippen LogP contribution in [0.25, 0.3) is 0 Å². The number of rotatable bonds is 12. The lowest BCUT2D eigenvalue weighted by molar-refractivity contribution is -0.140. The van der Waals surface area contributed by atoms with Crippen molar-refractivity contribution in [3.8, 4) is 5.75 Å². The molecule has 0 aromatic heterocycles. The van der Waals surface area contributed by atoms with Gasteiger partial charge in [-0.3, -0.25) is 13.9 Å². The number of anilines is 1. The van der Waals surface area contributed by atoms with Gasteiger partial charge < -0.3 is 15.0 Å². The number of nitrogens with one attached hydrogen (secondary N) is 1. The number of halogens is 2. The molecular weight excluding hydrogens is 573 g/mol. The molecule has 0 fully saturated rings. The van der Waals surface area contributed by atoms with Gasteiger partial charge in [-0.2, -0.15) is 0 Å². The second-order valence-electron chi connectivity index (χ2n) is 9.38. The van der Waals surface area contributed by atoms with Crippen molar-refractivity contribution in [3.05, 3.63) is 88.4 Å². The number of amides is 2. The van der Waals surface area contributed by atoms with Gasteiger partial charge in [0.05, 0.1) is 22.7 Å². The number of hydrogen-bond donors (Lipinski definition) is 1. The second kappa shape index (κ2) is 13.9. The third-order valence-corrected chi connectivity index (χ3v) is 8.43. The molecule has 2 amide bonds. The average molecular weight is 607 g/mol. The average Bonchev–Trinajstić information content (AvgIpc) is 2.92. The summed E-state index contributed by atoms with van der Waals surface area (Å²) in [5.41, 5.74) is 0.833. The zero-order chi connectivity index (χ0) is 29.4. The van der Waals surface area contributed by atoms with E-state index in [1.165, 1.54) is 35.2 Å². The third-order valence-electron chi connectivity index (χ3n) is 6.12. The number of carbonyl (C=O) groups is 2. The maximum atomic E-state index is 14.0. The summed E-state index contributed by atoms with van der Waals surface area (Å²) in [6.07, 6.45) is 0.313. The monoisotopic (exact) mass is 605 g/mol. The Hall–Kier alpha value is -3.27. The van der Waals surface area contributed by atoms with Crippen LogP contribution in [-0.2, 0) is 26.2 Å². The third kappa shape index (κ3) is 7.68. The highest BCUT2D eigenvalue weighted by molar-refractivity contribution is 7.92. The van der Waals surface area contributed by atoms with E-state index in [-0.39, 0.29) is 34.1 Å². The van der Waals surface area contributed by atoms with Gasteiger partial charge in [0.1, 0.15) is 18.3 Å². The van der Waals surface area contributed by atoms with Gasteiger partial charge in [0, 0.05) is 17.6 Å². The number of hydrogen-bond acceptors (Lipinski definition) is 5. The standard InChI is InChI=1S/C29H33Cl2N3O5S/c1-5-26(29(36)32-20(2)3)33(18-21-11-14-23(39-4)15-12-21)28(35)19-34(27-16-13-22(30)17-25(27)31)40(37,38)24-9-7-6-8-10-24/h6-17,20,26H,5,18-19H2,1-4H3,(H,32,36). The number of methoxy groups -OCH3 is 1. The van der Waals surface area contributed by atoms with E-state index in [2.05, 4.69) is 5.32 Å². The first-order valence-corrected chi connectivity index (χ1v) is 14.9. The van der Waals surface area contributed by atoms with Crippen LogP contribution in [0.15, 0.2) is 77.7 Å². The van der Waals surface area contributed by atoms with Crippen LogP contribution in [0, 0.1) is 0 Å². The van der Waals surface area contributed by atoms with Gasteiger partial charge in [0.15, 0.2) is 0 Å². The molecule has 0 aliphatic rings. The smallest absolute Gasteiger partial charge is 0.264 e. The van der Waals surface area contributed by atoms with E-state index in [0.29, 0.717) is 17.2 Å². The van der Waals surface area contributed by atoms with E-state index >= 15 is 0 Å². The topological polar surface area (TPSA) is 96.0 Å². The lowest BCUT2D eigenvalue weighted by Crippen LogP contribution is -2.53. The molecule has 214 valence electrons. The summed E-state index contributed by atoms with van der Waals surface area (Å²) in [7, 11) is -2.68. The summed E-state index contributed by atoms with van der Waals surface area (Å²) in [4.78, 5) is 28.6. The van der Waals surface area contributed by atoms with Crippen molar-refractivity contribution in [1.82, 2.24) is 10.2 Å². The van der Waals surface area contributed by atoms with Gasteiger partial charge in [-0.15, -0.1) is 0 Å². The van der Waals surface area contributed by atoms with Crippen LogP contribution in [-0.4, -0.2) is 50.9 Å². The summed E-state index contributed by atoms with van der Waals surface area (Å²) in [5.74, 6) is -0.267. The summed E-state index contributed by atoms with van der Waals surface area (Å²) in [5, 5.41) is 3.24. The fourth-order valence-corrected chi connectivity index (χ4v) is 6.16. The number of benzene rings is 3. The number of sulfonamides is 1. The lowest BCUT2D eigenvalue weighted by Gasteiger charge is -2.33. The molecule has 0 aliphatic heterocycles. The summed E-state index contributed by atoms with van der Waals surface area (Å²) in [6.45, 7) is 4.93. The molecule has 0 radical (unpaired) electrons. The van der Waals surface area contributed by atoms with Crippen molar-refractivity contribution in [2.45, 2.75) is 50.7 Å². The molecule has 3 aromatic carbocycles. The molecular formula is C29H33Cl2N3O5S. The van der Waals surface area contributed by atoms with Gasteiger partial charge in [-0.05, 0) is 68.3 Å². The van der Waals surface area contributed by atoms with Gasteiger partial charge in [-0.1, -0.05) is 60.5 Å². The van der Waals surface area contributed by atoms with Gasteiger partial charge in [0.2, 0.25) is 11.8 Å². The molecule has 11 heteroatoms. The van der Waals surface area contributed by atoms with Gasteiger partial charge in [-0.25, -0.2) is 8.42 Å². The molecule has 3 aromatic rings. The van der Waals surface area contributed by atoms with Crippen LogP contribution in [0.2, 0.25) is 10.0 Å². The Morgan fingerprint density at radius 3 is 2.17 bits per heavy atom. The highest BCUT2D eigenvalue weighted by atomic mass is 35.5. The van der Waals surface area contributed by atoms with Gasteiger partial charge in [0.25, 0.3) is 10.0 Å². The molecule has 40 heavy (non-hydrogen) atoms. The predicted molar refractivity (Wildman–Crippen MR) is 158 cm³/mol. The predicted octanol–water partition coefficient (Wildman–Crippen LogP) is 5.53. The minimum Gasteiger partial charge on any atom is -0.497 e. The highest BCUT2D eigenvalue weighted by Gasteiger charge is 2.34. The Balaban J connectivity index is 2.08. The number of ether oxygens (including phenoxy) is 1. The zero-order valence-corrected chi connectivity index (χ0v) is 25.1. The zero-order valence-electron chi connectivity index (χ0n) is 22.8. The molecule has 1 N–H and O–H groups in total. The maximum Gasteiger partial charge on any atom is 0.264 e. The van der Waals surface area contributed by atoms with Crippen LogP contribution >= 0.6 is 23.2 Å². The van der Waals surface area contributed by atoms with E-state index in [9.17, 15) is 18.0 Å². The first kappa shape index (κ1) is 31.3. The van der Waals surface area contributed by atoms with Crippen molar-refractivity contribution in [1.29, 1.82) is 0 Å². The molecule has 0 saturated carbocycles. The minimum atomic E-state index is -4.23. The molecule has 1 atom stereocenters. The summed E-state index contributed by atoms with van der Waals surface area (Å²) < 4.78 is 33.9. The van der Waals surface area contributed by atoms with Gasteiger partial charge >= 0.3 is 0 Å². The number of carbonyl (C=O) groups excluding carboxylic acids is 2. The van der Waals surface area contributed by atoms with E-state index in [0.717, 1.165) is 9.87 Å². The van der Waals surface area contributed by atoms with Crippen molar-refractivity contribution >= 4 is 50.7 Å². The van der Waals surface area contributed by atoms with Crippen LogP contribution in [0.4, 0.5) is 5.69 Å². The van der Waals surface area contributed by atoms with E-state index < -0.39 is 28.5 Å². The fraction of sp³-hybridized carbons (Fsp3) is 0.310. The Labute approximate surface area is 245 Å². The Bertz CT molecular complexity index is 1420. The molecule has 1 unspecified atom stereocenters. The van der Waals surface area contributed by atoms with Crippen molar-refractivity contribution in [2.24, 2.45) is 0 Å². The molecule has 8 nitrogen and oxygen atoms in total. The normalized spacial score (nSPS) is 12.1. The number of nitrogens with zero attached hydrogens (tertiary/aromatic N) is 2. The summed E-state index contributed by atoms with van der Waals surface area (Å²) >= 11 is 12.5. The van der Waals surface area contributed by atoms with Crippen LogP contribution in [0.3, 0.4) is 0 Å². The highest BCUT2D eigenvalue weighted by Crippen LogP contribution is 2.33. The molecule has 0 spiro atoms. The minimum absolute atomic E-state index is 0.0138. The first-order valence-electron chi connectivity index (χ1n) is 12.7. The molecule has 0 heterocycles. The fourth-order valence-electron chi connectivity index (χ4n) is 4.14. The second-order valence-corrected chi connectivity index (χ2v) is 12.1. The lowest BCUT2D eigenvalue weighted by atomic mass is 10.1. The maximum absolute atomic E-state index is 14.0. The first-order chi connectivity index (χ1) is 19.0. The quantitative estimate of drug-likeness (QED) is 0.293.